The van der Waals surface area contributed by atoms with Crippen molar-refractivity contribution in [3.8, 4) is 0 Å². The molecule has 0 bridgehead atoms. The average molecular weight is 270 g/mol. The van der Waals surface area contributed by atoms with Crippen molar-refractivity contribution in [3.63, 3.8) is 0 Å². The second-order valence-electron chi connectivity index (χ2n) is 4.52. The summed E-state index contributed by atoms with van der Waals surface area (Å²) in [5, 5.41) is 3.40. The van der Waals surface area contributed by atoms with Gasteiger partial charge in [-0.05, 0) is 25.5 Å². The van der Waals surface area contributed by atoms with Gasteiger partial charge in [0.2, 0.25) is 0 Å². The second-order valence-corrected chi connectivity index (χ2v) is 5.37. The van der Waals surface area contributed by atoms with Gasteiger partial charge in [0.1, 0.15) is 0 Å². The molecule has 0 saturated carbocycles. The summed E-state index contributed by atoms with van der Waals surface area (Å²) < 4.78 is 7.17. The van der Waals surface area contributed by atoms with Crippen molar-refractivity contribution in [1.82, 2.24) is 5.32 Å². The Morgan fingerprint density at radius 2 is 2.13 bits per heavy atom. The van der Waals surface area contributed by atoms with Crippen molar-refractivity contribution in [2.45, 2.75) is 25.6 Å². The molecule has 1 N–H and O–H groups in total. The molecule has 15 heavy (non-hydrogen) atoms. The zero-order valence-electron chi connectivity index (χ0n) is 9.09. The highest BCUT2D eigenvalue weighted by molar-refractivity contribution is 9.10. The first-order valence-corrected chi connectivity index (χ1v) is 6.01. The predicted octanol–water partition coefficient (Wildman–Crippen LogP) is 2.89. The van der Waals surface area contributed by atoms with Gasteiger partial charge in [0, 0.05) is 17.6 Å². The molecule has 0 spiro atoms. The van der Waals surface area contributed by atoms with Gasteiger partial charge in [0.25, 0.3) is 0 Å². The predicted molar refractivity (Wildman–Crippen MR) is 64.9 cm³/mol. The first-order chi connectivity index (χ1) is 7.08. The number of nitrogens with one attached hydrogen (secondary N) is 1. The maximum Gasteiger partial charge on any atom is 0.0968 e. The maximum atomic E-state index is 6.05. The fourth-order valence-electron chi connectivity index (χ4n) is 1.88. The van der Waals surface area contributed by atoms with E-state index in [2.05, 4.69) is 47.2 Å². The highest BCUT2D eigenvalue weighted by Gasteiger charge is 2.29. The van der Waals surface area contributed by atoms with Gasteiger partial charge in [0.15, 0.2) is 0 Å². The summed E-state index contributed by atoms with van der Waals surface area (Å²) in [6.07, 6.45) is 0.143. The van der Waals surface area contributed by atoms with E-state index in [1.54, 1.807) is 0 Å². The molecule has 3 heteroatoms. The Bertz CT molecular complexity index is 351. The Kier molecular flexibility index (Phi) is 3.14. The summed E-state index contributed by atoms with van der Waals surface area (Å²) in [6.45, 7) is 6.02. The van der Waals surface area contributed by atoms with Crippen LogP contribution in [-0.4, -0.2) is 18.7 Å². The van der Waals surface area contributed by atoms with Crippen LogP contribution in [0.15, 0.2) is 28.7 Å². The zero-order chi connectivity index (χ0) is 10.9. The minimum Gasteiger partial charge on any atom is -0.365 e. The van der Waals surface area contributed by atoms with Crippen LogP contribution < -0.4 is 5.32 Å². The van der Waals surface area contributed by atoms with E-state index in [9.17, 15) is 0 Å². The molecular formula is C12H16BrNO. The number of hydrogen-bond acceptors (Lipinski definition) is 2. The normalized spacial score (nSPS) is 25.1. The summed E-state index contributed by atoms with van der Waals surface area (Å²) in [5.41, 5.74) is 1.14. The minimum absolute atomic E-state index is 0.0851. The molecule has 1 aromatic rings. The van der Waals surface area contributed by atoms with Crippen molar-refractivity contribution in [2.24, 2.45) is 0 Å². The third kappa shape index (κ3) is 2.60. The molecule has 1 aromatic carbocycles. The van der Waals surface area contributed by atoms with E-state index in [1.807, 2.05) is 12.1 Å². The summed E-state index contributed by atoms with van der Waals surface area (Å²) >= 11 is 3.56. The van der Waals surface area contributed by atoms with Crippen molar-refractivity contribution < 1.29 is 4.74 Å². The lowest BCUT2D eigenvalue weighted by atomic mass is 10.0. The molecule has 1 aliphatic heterocycles. The van der Waals surface area contributed by atoms with Gasteiger partial charge >= 0.3 is 0 Å². The quantitative estimate of drug-likeness (QED) is 0.847. The van der Waals surface area contributed by atoms with Crippen molar-refractivity contribution >= 4 is 15.9 Å². The summed E-state index contributed by atoms with van der Waals surface area (Å²) in [7, 11) is 0. The Morgan fingerprint density at radius 3 is 2.80 bits per heavy atom. The van der Waals surface area contributed by atoms with E-state index in [1.165, 1.54) is 5.56 Å². The average Bonchev–Trinajstić information content (AvgIpc) is 2.17. The van der Waals surface area contributed by atoms with Crippen molar-refractivity contribution in [2.75, 3.05) is 13.1 Å². The van der Waals surface area contributed by atoms with E-state index in [4.69, 9.17) is 4.74 Å². The Balaban J connectivity index is 2.21. The van der Waals surface area contributed by atoms with Crippen LogP contribution in [-0.2, 0) is 4.74 Å². The first kappa shape index (κ1) is 11.1. The van der Waals surface area contributed by atoms with E-state index >= 15 is 0 Å². The third-order valence-electron chi connectivity index (χ3n) is 2.59. The van der Waals surface area contributed by atoms with Crippen LogP contribution in [0.2, 0.25) is 0 Å². The molecule has 82 valence electrons. The molecule has 0 radical (unpaired) electrons. The Hall–Kier alpha value is -0.380. The van der Waals surface area contributed by atoms with Crippen LogP contribution in [0.3, 0.4) is 0 Å². The van der Waals surface area contributed by atoms with Gasteiger partial charge in [-0.2, -0.15) is 0 Å². The van der Waals surface area contributed by atoms with Gasteiger partial charge in [-0.1, -0.05) is 34.1 Å². The van der Waals surface area contributed by atoms with Crippen LogP contribution in [0.5, 0.6) is 0 Å². The minimum atomic E-state index is -0.0851. The number of rotatable bonds is 1. The molecule has 1 aliphatic rings. The summed E-state index contributed by atoms with van der Waals surface area (Å²) in [4.78, 5) is 0. The zero-order valence-corrected chi connectivity index (χ0v) is 10.7. The van der Waals surface area contributed by atoms with Crippen molar-refractivity contribution in [1.29, 1.82) is 0 Å². The SMILES string of the molecule is CC1(C)CNCC(c2ccccc2Br)O1. The topological polar surface area (TPSA) is 21.3 Å². The number of ether oxygens (including phenoxy) is 1. The van der Waals surface area contributed by atoms with Crippen LogP contribution in [0.4, 0.5) is 0 Å². The molecule has 1 unspecified atom stereocenters. The highest BCUT2D eigenvalue weighted by Crippen LogP contribution is 2.31. The lowest BCUT2D eigenvalue weighted by Crippen LogP contribution is -2.46. The Labute approximate surface area is 99.1 Å². The number of halogens is 1. The maximum absolute atomic E-state index is 6.05. The van der Waals surface area contributed by atoms with Crippen LogP contribution >= 0.6 is 15.9 Å². The number of benzene rings is 1. The van der Waals surface area contributed by atoms with Crippen LogP contribution in [0, 0.1) is 0 Å². The smallest absolute Gasteiger partial charge is 0.0968 e. The molecule has 0 aliphatic carbocycles. The summed E-state index contributed by atoms with van der Waals surface area (Å²) in [6, 6.07) is 8.23. The lowest BCUT2D eigenvalue weighted by molar-refractivity contribution is -0.0961. The summed E-state index contributed by atoms with van der Waals surface area (Å²) in [5.74, 6) is 0. The van der Waals surface area contributed by atoms with Crippen LogP contribution in [0.25, 0.3) is 0 Å². The van der Waals surface area contributed by atoms with Gasteiger partial charge in [-0.3, -0.25) is 0 Å². The Morgan fingerprint density at radius 1 is 1.40 bits per heavy atom. The van der Waals surface area contributed by atoms with Gasteiger partial charge in [-0.15, -0.1) is 0 Å². The first-order valence-electron chi connectivity index (χ1n) is 5.21. The standard InChI is InChI=1S/C12H16BrNO/c1-12(2)8-14-7-11(15-12)9-5-3-4-6-10(9)13/h3-6,11,14H,7-8H2,1-2H3. The monoisotopic (exact) mass is 269 g/mol. The van der Waals surface area contributed by atoms with Gasteiger partial charge in [0.05, 0.1) is 11.7 Å². The number of hydrogen-bond donors (Lipinski definition) is 1. The lowest BCUT2D eigenvalue weighted by Gasteiger charge is -2.37. The van der Waals surface area contributed by atoms with Gasteiger partial charge < -0.3 is 10.1 Å². The third-order valence-corrected chi connectivity index (χ3v) is 3.32. The molecule has 0 aromatic heterocycles. The second kappa shape index (κ2) is 4.24. The van der Waals surface area contributed by atoms with Crippen LogP contribution in [0.1, 0.15) is 25.5 Å². The molecule has 0 amide bonds. The van der Waals surface area contributed by atoms with E-state index in [-0.39, 0.29) is 11.7 Å². The van der Waals surface area contributed by atoms with E-state index < -0.39 is 0 Å². The van der Waals surface area contributed by atoms with E-state index in [0.29, 0.717) is 0 Å². The largest absolute Gasteiger partial charge is 0.365 e. The molecule has 1 fully saturated rings. The molecule has 1 heterocycles. The molecule has 2 nitrogen and oxygen atoms in total. The molecule has 1 saturated heterocycles. The molecule has 1 atom stereocenters. The highest BCUT2D eigenvalue weighted by atomic mass is 79.9. The van der Waals surface area contributed by atoms with Crippen molar-refractivity contribution in [3.05, 3.63) is 34.3 Å². The molecule has 2 rings (SSSR count). The van der Waals surface area contributed by atoms with Gasteiger partial charge in [-0.25, -0.2) is 0 Å². The van der Waals surface area contributed by atoms with E-state index in [0.717, 1.165) is 17.6 Å². The number of morpholine rings is 1. The fourth-order valence-corrected chi connectivity index (χ4v) is 2.42. The molecular weight excluding hydrogens is 254 g/mol. The fraction of sp³-hybridized carbons (Fsp3) is 0.500.